The van der Waals surface area contributed by atoms with E-state index in [-0.39, 0.29) is 17.7 Å². The number of ether oxygens (including phenoxy) is 1. The Labute approximate surface area is 154 Å². The summed E-state index contributed by atoms with van der Waals surface area (Å²) >= 11 is 0. The van der Waals surface area contributed by atoms with Crippen molar-refractivity contribution in [1.82, 2.24) is 4.90 Å². The average molecular weight is 355 g/mol. The maximum atomic E-state index is 12.5. The van der Waals surface area contributed by atoms with Crippen LogP contribution in [0.2, 0.25) is 0 Å². The number of hydrogen-bond donors (Lipinski definition) is 1. The third-order valence-corrected chi connectivity index (χ3v) is 4.24. The molecule has 2 atom stereocenters. The molecule has 6 heteroatoms. The van der Waals surface area contributed by atoms with Crippen molar-refractivity contribution in [2.24, 2.45) is 11.8 Å². The van der Waals surface area contributed by atoms with Gasteiger partial charge in [0.25, 0.3) is 5.91 Å². The van der Waals surface area contributed by atoms with E-state index in [1.54, 1.807) is 37.4 Å². The van der Waals surface area contributed by atoms with E-state index in [4.69, 9.17) is 4.74 Å². The molecule has 0 aromatic heterocycles. The Bertz CT molecular complexity index is 726. The van der Waals surface area contributed by atoms with E-state index in [1.807, 2.05) is 11.0 Å². The molecule has 1 fully saturated rings. The van der Waals surface area contributed by atoms with Gasteiger partial charge in [-0.25, -0.2) is 4.79 Å². The Morgan fingerprint density at radius 1 is 1.31 bits per heavy atom. The zero-order chi connectivity index (χ0) is 19.1. The van der Waals surface area contributed by atoms with Crippen molar-refractivity contribution in [3.05, 3.63) is 41.6 Å². The molecule has 0 radical (unpaired) electrons. The first-order chi connectivity index (χ1) is 12.4. The van der Waals surface area contributed by atoms with Gasteiger partial charge in [0, 0.05) is 19.3 Å². The van der Waals surface area contributed by atoms with Gasteiger partial charge < -0.3 is 15.0 Å². The molecule has 0 spiro atoms. The van der Waals surface area contributed by atoms with Crippen molar-refractivity contribution < 1.29 is 14.3 Å². The van der Waals surface area contributed by atoms with Crippen molar-refractivity contribution in [1.29, 1.82) is 5.26 Å². The quantitative estimate of drug-likeness (QED) is 0.498. The number of hydrogen-bond acceptors (Lipinski definition) is 5. The number of anilines is 1. The van der Waals surface area contributed by atoms with Crippen molar-refractivity contribution in [2.75, 3.05) is 25.0 Å². The van der Waals surface area contributed by atoms with Crippen molar-refractivity contribution in [3.8, 4) is 6.07 Å². The highest BCUT2D eigenvalue weighted by molar-refractivity contribution is 6.09. The van der Waals surface area contributed by atoms with E-state index in [9.17, 15) is 14.9 Å². The number of carbonyl (C=O) groups is 2. The lowest BCUT2D eigenvalue weighted by molar-refractivity contribution is -0.112. The lowest BCUT2D eigenvalue weighted by Gasteiger charge is -2.34. The van der Waals surface area contributed by atoms with Crippen molar-refractivity contribution in [2.45, 2.75) is 27.2 Å². The molecule has 1 aliphatic heterocycles. The third kappa shape index (κ3) is 5.09. The van der Waals surface area contributed by atoms with Gasteiger partial charge in [0.1, 0.15) is 11.6 Å². The van der Waals surface area contributed by atoms with Crippen LogP contribution >= 0.6 is 0 Å². The third-order valence-electron chi connectivity index (χ3n) is 4.24. The monoisotopic (exact) mass is 355 g/mol. The second-order valence-corrected chi connectivity index (χ2v) is 6.77. The number of nitrogens with zero attached hydrogens (tertiary/aromatic N) is 2. The molecule has 0 aliphatic carbocycles. The summed E-state index contributed by atoms with van der Waals surface area (Å²) < 4.78 is 5.00. The van der Waals surface area contributed by atoms with E-state index in [2.05, 4.69) is 19.2 Å². The summed E-state index contributed by atoms with van der Waals surface area (Å²) in [6.07, 6.45) is 2.76. The molecule has 2 unspecified atom stereocenters. The van der Waals surface area contributed by atoms with E-state index in [0.717, 1.165) is 19.5 Å². The number of likely N-dealkylation sites (tertiary alicyclic amines) is 1. The van der Waals surface area contributed by atoms with Gasteiger partial charge in [-0.15, -0.1) is 0 Å². The SMILES string of the molecule is CCOC(=O)c1ccccc1NC(=O)/C(C#N)=C\N1CC(C)CC(C)C1. The molecule has 1 saturated heterocycles. The average Bonchev–Trinajstić information content (AvgIpc) is 2.59. The fourth-order valence-corrected chi connectivity index (χ4v) is 3.31. The van der Waals surface area contributed by atoms with E-state index in [1.165, 1.54) is 0 Å². The minimum atomic E-state index is -0.532. The second-order valence-electron chi connectivity index (χ2n) is 6.77. The van der Waals surface area contributed by atoms with Crippen LogP contribution in [-0.4, -0.2) is 36.5 Å². The van der Waals surface area contributed by atoms with Crippen LogP contribution < -0.4 is 5.32 Å². The topological polar surface area (TPSA) is 82.4 Å². The molecule has 138 valence electrons. The van der Waals surface area contributed by atoms with Crippen molar-refractivity contribution >= 4 is 17.6 Å². The second kappa shape index (κ2) is 9.04. The number of esters is 1. The molecule has 0 saturated carbocycles. The summed E-state index contributed by atoms with van der Waals surface area (Å²) in [6, 6.07) is 8.56. The molecule has 6 nitrogen and oxygen atoms in total. The Hall–Kier alpha value is -2.81. The highest BCUT2D eigenvalue weighted by Crippen LogP contribution is 2.22. The summed E-state index contributed by atoms with van der Waals surface area (Å²) in [5, 5.41) is 12.1. The number of carbonyl (C=O) groups excluding carboxylic acids is 2. The normalized spacial score (nSPS) is 20.2. The van der Waals surface area contributed by atoms with E-state index in [0.29, 0.717) is 17.5 Å². The predicted molar refractivity (Wildman–Crippen MR) is 99.2 cm³/mol. The molecule has 1 aliphatic rings. The highest BCUT2D eigenvalue weighted by Gasteiger charge is 2.22. The fourth-order valence-electron chi connectivity index (χ4n) is 3.31. The number of rotatable bonds is 5. The van der Waals surface area contributed by atoms with Gasteiger partial charge in [-0.1, -0.05) is 26.0 Å². The highest BCUT2D eigenvalue weighted by atomic mass is 16.5. The lowest BCUT2D eigenvalue weighted by atomic mass is 9.92. The molecular formula is C20H25N3O3. The molecule has 1 heterocycles. The van der Waals surface area contributed by atoms with Gasteiger partial charge in [-0.05, 0) is 37.3 Å². The van der Waals surface area contributed by atoms with Crippen LogP contribution in [0.1, 0.15) is 37.6 Å². The van der Waals surface area contributed by atoms with E-state index >= 15 is 0 Å². The molecule has 1 amide bonds. The summed E-state index contributed by atoms with van der Waals surface area (Å²) in [4.78, 5) is 26.6. The molecule has 1 aromatic carbocycles. The lowest BCUT2D eigenvalue weighted by Crippen LogP contribution is -2.35. The number of piperidine rings is 1. The van der Waals surface area contributed by atoms with Gasteiger partial charge in [0.15, 0.2) is 0 Å². The minimum absolute atomic E-state index is 0.0185. The molecule has 1 N–H and O–H groups in total. The first-order valence-corrected chi connectivity index (χ1v) is 8.88. The van der Waals surface area contributed by atoms with Gasteiger partial charge in [-0.3, -0.25) is 4.79 Å². The van der Waals surface area contributed by atoms with Gasteiger partial charge in [0.2, 0.25) is 0 Å². The van der Waals surface area contributed by atoms with E-state index < -0.39 is 11.9 Å². The first kappa shape index (κ1) is 19.5. The number of nitrogens with one attached hydrogen (secondary N) is 1. The van der Waals surface area contributed by atoms with Crippen LogP contribution in [-0.2, 0) is 9.53 Å². The summed E-state index contributed by atoms with van der Waals surface area (Å²) in [5.41, 5.74) is 0.614. The van der Waals surface area contributed by atoms with Crippen LogP contribution in [0.4, 0.5) is 5.69 Å². The molecule has 1 aromatic rings. The molecule has 2 rings (SSSR count). The summed E-state index contributed by atoms with van der Waals surface area (Å²) in [6.45, 7) is 7.94. The maximum absolute atomic E-state index is 12.5. The Morgan fingerprint density at radius 3 is 2.58 bits per heavy atom. The van der Waals surface area contributed by atoms with Crippen LogP contribution in [0.5, 0.6) is 0 Å². The van der Waals surface area contributed by atoms with Gasteiger partial charge >= 0.3 is 5.97 Å². The van der Waals surface area contributed by atoms with Crippen molar-refractivity contribution in [3.63, 3.8) is 0 Å². The standard InChI is InChI=1S/C20H25N3O3/c1-4-26-20(25)17-7-5-6-8-18(17)22-19(24)16(10-21)13-23-11-14(2)9-15(3)12-23/h5-8,13-15H,4,9,11-12H2,1-3H3,(H,22,24)/b16-13-. The number of benzene rings is 1. The number of para-hydroxylation sites is 1. The van der Waals surface area contributed by atoms with Crippen LogP contribution in [0.3, 0.4) is 0 Å². The molecule has 0 bridgehead atoms. The van der Waals surface area contributed by atoms with Crippen LogP contribution in [0, 0.1) is 23.2 Å². The number of amides is 1. The summed E-state index contributed by atoms with van der Waals surface area (Å²) in [7, 11) is 0. The van der Waals surface area contributed by atoms with Gasteiger partial charge in [-0.2, -0.15) is 5.26 Å². The summed E-state index contributed by atoms with van der Waals surface area (Å²) in [5.74, 6) is -0.00946. The zero-order valence-electron chi connectivity index (χ0n) is 15.5. The predicted octanol–water partition coefficient (Wildman–Crippen LogP) is 3.19. The maximum Gasteiger partial charge on any atom is 0.340 e. The smallest absolute Gasteiger partial charge is 0.340 e. The number of nitriles is 1. The van der Waals surface area contributed by atoms with Gasteiger partial charge in [0.05, 0.1) is 17.9 Å². The van der Waals surface area contributed by atoms with Crippen LogP contribution in [0.15, 0.2) is 36.0 Å². The fraction of sp³-hybridized carbons (Fsp3) is 0.450. The minimum Gasteiger partial charge on any atom is -0.462 e. The Balaban J connectivity index is 2.16. The molecule has 26 heavy (non-hydrogen) atoms. The van der Waals surface area contributed by atoms with Crippen LogP contribution in [0.25, 0.3) is 0 Å². The largest absolute Gasteiger partial charge is 0.462 e. The Morgan fingerprint density at radius 2 is 1.96 bits per heavy atom. The molecular weight excluding hydrogens is 330 g/mol. The zero-order valence-corrected chi connectivity index (χ0v) is 15.5. The Kier molecular flexibility index (Phi) is 6.79. The first-order valence-electron chi connectivity index (χ1n) is 8.88.